The monoisotopic (exact) mass is 364 g/mol. The van der Waals surface area contributed by atoms with E-state index >= 15 is 0 Å². The van der Waals surface area contributed by atoms with Crippen LogP contribution in [0.3, 0.4) is 0 Å². The van der Waals surface area contributed by atoms with Gasteiger partial charge in [-0.3, -0.25) is 19.1 Å². The Morgan fingerprint density at radius 3 is 2.96 bits per heavy atom. The molecule has 1 aliphatic heterocycles. The molecule has 3 rings (SSSR count). The van der Waals surface area contributed by atoms with Crippen LogP contribution in [-0.4, -0.2) is 43.5 Å². The smallest absolute Gasteiger partial charge is 0.222 e. The number of aryl methyl sites for hydroxylation is 1. The van der Waals surface area contributed by atoms with Crippen molar-refractivity contribution in [3.8, 4) is 0 Å². The second kappa shape index (κ2) is 8.01. The number of amides is 1. The van der Waals surface area contributed by atoms with Gasteiger partial charge in [0.1, 0.15) is 0 Å². The molecule has 0 aromatic carbocycles. The fraction of sp³-hybridized carbons (Fsp3) is 0.588. The minimum Gasteiger partial charge on any atom is -0.350 e. The fourth-order valence-electron chi connectivity index (χ4n) is 3.09. The van der Waals surface area contributed by atoms with E-state index in [2.05, 4.69) is 45.0 Å². The van der Waals surface area contributed by atoms with E-state index in [-0.39, 0.29) is 5.91 Å². The van der Waals surface area contributed by atoms with Crippen molar-refractivity contribution in [3.63, 3.8) is 0 Å². The van der Waals surface area contributed by atoms with Crippen molar-refractivity contribution < 1.29 is 4.79 Å². The molecule has 25 heavy (non-hydrogen) atoms. The van der Waals surface area contributed by atoms with Crippen molar-refractivity contribution in [2.45, 2.75) is 46.4 Å². The predicted octanol–water partition coefficient (Wildman–Crippen LogP) is 1.91. The summed E-state index contributed by atoms with van der Waals surface area (Å²) in [6.07, 6.45) is 3.65. The summed E-state index contributed by atoms with van der Waals surface area (Å²) < 4.78 is 3.73. The summed E-state index contributed by atoms with van der Waals surface area (Å²) in [4.78, 5) is 14.4. The van der Waals surface area contributed by atoms with Crippen LogP contribution in [-0.2, 0) is 31.0 Å². The third kappa shape index (κ3) is 5.06. The molecule has 0 bridgehead atoms. The third-order valence-corrected chi connectivity index (χ3v) is 4.38. The lowest BCUT2D eigenvalue weighted by Gasteiger charge is -2.28. The number of aromatic nitrogens is 4. The number of fused-ring (bicyclic) bond motifs is 1. The molecule has 0 saturated heterocycles. The molecule has 0 saturated carbocycles. The van der Waals surface area contributed by atoms with Crippen LogP contribution in [0.15, 0.2) is 18.5 Å². The van der Waals surface area contributed by atoms with E-state index in [1.165, 1.54) is 5.69 Å². The van der Waals surface area contributed by atoms with E-state index in [9.17, 15) is 4.79 Å². The molecular formula is C17H25ClN6O. The molecule has 0 spiro atoms. The number of hydrogen-bond donors (Lipinski definition) is 1. The number of nitrogens with zero attached hydrogens (tertiary/aromatic N) is 5. The molecule has 136 valence electrons. The first-order valence-electron chi connectivity index (χ1n) is 8.72. The van der Waals surface area contributed by atoms with Crippen LogP contribution in [0.2, 0.25) is 5.02 Å². The van der Waals surface area contributed by atoms with E-state index < -0.39 is 0 Å². The Balaban J connectivity index is 1.46. The molecule has 0 atom stereocenters. The molecule has 0 unspecified atom stereocenters. The van der Waals surface area contributed by atoms with Gasteiger partial charge in [-0.25, -0.2) is 0 Å². The zero-order chi connectivity index (χ0) is 17.8. The topological polar surface area (TPSA) is 68.0 Å². The molecule has 1 aliphatic rings. The van der Waals surface area contributed by atoms with E-state index in [0.717, 1.165) is 31.9 Å². The number of carbonyl (C=O) groups is 1. The highest BCUT2D eigenvalue weighted by atomic mass is 35.5. The van der Waals surface area contributed by atoms with E-state index in [1.807, 2.05) is 0 Å². The first-order valence-corrected chi connectivity index (χ1v) is 9.10. The van der Waals surface area contributed by atoms with Crippen molar-refractivity contribution in [2.24, 2.45) is 5.92 Å². The highest BCUT2D eigenvalue weighted by Crippen LogP contribution is 2.15. The Labute approximate surface area is 152 Å². The van der Waals surface area contributed by atoms with Gasteiger partial charge in [0, 0.05) is 38.8 Å². The van der Waals surface area contributed by atoms with Crippen molar-refractivity contribution in [1.29, 1.82) is 0 Å². The highest BCUT2D eigenvalue weighted by Gasteiger charge is 2.19. The van der Waals surface area contributed by atoms with Gasteiger partial charge in [0.2, 0.25) is 5.91 Å². The van der Waals surface area contributed by atoms with Crippen molar-refractivity contribution in [2.75, 3.05) is 13.1 Å². The minimum atomic E-state index is -0.0148. The van der Waals surface area contributed by atoms with Crippen LogP contribution < -0.4 is 5.32 Å². The molecule has 2 aromatic rings. The van der Waals surface area contributed by atoms with Crippen molar-refractivity contribution >= 4 is 17.5 Å². The van der Waals surface area contributed by atoms with E-state index in [1.54, 1.807) is 17.1 Å². The second-order valence-corrected chi connectivity index (χ2v) is 7.36. The van der Waals surface area contributed by atoms with Gasteiger partial charge in [-0.15, -0.1) is 0 Å². The summed E-state index contributed by atoms with van der Waals surface area (Å²) >= 11 is 5.81. The average molecular weight is 365 g/mol. The molecule has 7 nitrogen and oxygen atoms in total. The Hall–Kier alpha value is -1.86. The number of nitrogens with one attached hydrogen (secondary N) is 1. The number of halogens is 1. The maximum Gasteiger partial charge on any atom is 0.222 e. The highest BCUT2D eigenvalue weighted by molar-refractivity contribution is 6.30. The molecule has 0 aliphatic carbocycles. The summed E-state index contributed by atoms with van der Waals surface area (Å²) in [5.41, 5.74) is 2.14. The normalized spacial score (nSPS) is 14.7. The third-order valence-electron chi connectivity index (χ3n) is 4.19. The lowest BCUT2D eigenvalue weighted by Crippen LogP contribution is -2.36. The molecule has 8 heteroatoms. The summed E-state index contributed by atoms with van der Waals surface area (Å²) in [5, 5.41) is 12.2. The number of rotatable bonds is 7. The molecule has 0 radical (unpaired) electrons. The van der Waals surface area contributed by atoms with Gasteiger partial charge >= 0.3 is 0 Å². The second-order valence-electron chi connectivity index (χ2n) is 6.93. The van der Waals surface area contributed by atoms with Crippen LogP contribution in [0.25, 0.3) is 0 Å². The largest absolute Gasteiger partial charge is 0.350 e. The Morgan fingerprint density at radius 2 is 2.24 bits per heavy atom. The molecule has 3 heterocycles. The average Bonchev–Trinajstić information content (AvgIpc) is 3.15. The molecular weight excluding hydrogens is 340 g/mol. The lowest BCUT2D eigenvalue weighted by atomic mass is 10.2. The van der Waals surface area contributed by atoms with Gasteiger partial charge in [0.15, 0.2) is 0 Å². The first-order chi connectivity index (χ1) is 12.0. The van der Waals surface area contributed by atoms with Gasteiger partial charge in [-0.2, -0.15) is 10.2 Å². The van der Waals surface area contributed by atoms with Crippen molar-refractivity contribution in [3.05, 3.63) is 34.9 Å². The fourth-order valence-corrected chi connectivity index (χ4v) is 3.25. The molecule has 0 fully saturated rings. The maximum atomic E-state index is 12.0. The number of carbonyl (C=O) groups excluding carboxylic acids is 1. The Bertz CT molecular complexity index is 723. The summed E-state index contributed by atoms with van der Waals surface area (Å²) in [6.45, 7) is 9.44. The van der Waals surface area contributed by atoms with Crippen LogP contribution >= 0.6 is 11.6 Å². The van der Waals surface area contributed by atoms with E-state index in [0.29, 0.717) is 30.5 Å². The zero-order valence-corrected chi connectivity index (χ0v) is 15.5. The van der Waals surface area contributed by atoms with Crippen LogP contribution in [0.1, 0.15) is 31.7 Å². The van der Waals surface area contributed by atoms with Gasteiger partial charge in [-0.05, 0) is 12.0 Å². The van der Waals surface area contributed by atoms with Crippen LogP contribution in [0.5, 0.6) is 0 Å². The van der Waals surface area contributed by atoms with Crippen molar-refractivity contribution in [1.82, 2.24) is 29.8 Å². The number of hydrogen-bond acceptors (Lipinski definition) is 4. The maximum absolute atomic E-state index is 12.0. The standard InChI is InChI=1S/C17H25ClN6O/c1-13(2)10-22-5-6-24-16(12-22)7-15(21-24)9-19-17(25)3-4-23-11-14(18)8-20-23/h7-8,11,13H,3-6,9-10,12H2,1-2H3,(H,19,25). The molecule has 1 amide bonds. The summed E-state index contributed by atoms with van der Waals surface area (Å²) in [6, 6.07) is 2.10. The Morgan fingerprint density at radius 1 is 1.40 bits per heavy atom. The van der Waals surface area contributed by atoms with Crippen LogP contribution in [0.4, 0.5) is 0 Å². The lowest BCUT2D eigenvalue weighted by molar-refractivity contribution is -0.121. The SMILES string of the molecule is CC(C)CN1CCn2nc(CNC(=O)CCn3cc(Cl)cn3)cc2C1. The quantitative estimate of drug-likeness (QED) is 0.814. The first kappa shape index (κ1) is 17.9. The van der Waals surface area contributed by atoms with Crippen LogP contribution in [0, 0.1) is 5.92 Å². The minimum absolute atomic E-state index is 0.0148. The van der Waals surface area contributed by atoms with E-state index in [4.69, 9.17) is 11.6 Å². The zero-order valence-electron chi connectivity index (χ0n) is 14.8. The summed E-state index contributed by atoms with van der Waals surface area (Å²) in [5.74, 6) is 0.650. The molecule has 2 aromatic heterocycles. The van der Waals surface area contributed by atoms with Gasteiger partial charge < -0.3 is 5.32 Å². The molecule has 1 N–H and O–H groups in total. The van der Waals surface area contributed by atoms with Gasteiger partial charge in [0.25, 0.3) is 0 Å². The predicted molar refractivity (Wildman–Crippen MR) is 96.0 cm³/mol. The van der Waals surface area contributed by atoms with Gasteiger partial charge in [0.05, 0.1) is 35.7 Å². The summed E-state index contributed by atoms with van der Waals surface area (Å²) in [7, 11) is 0. The van der Waals surface area contributed by atoms with Gasteiger partial charge in [-0.1, -0.05) is 25.4 Å². The Kier molecular flexibility index (Phi) is 5.75.